The molecule has 0 amide bonds. The van der Waals surface area contributed by atoms with Crippen molar-refractivity contribution in [3.05, 3.63) is 62.1 Å². The van der Waals surface area contributed by atoms with Crippen LogP contribution in [0.25, 0.3) is 0 Å². The van der Waals surface area contributed by atoms with Gasteiger partial charge in [-0.25, -0.2) is 0 Å². The molecule has 0 fully saturated rings. The number of hydrogen-bond donors (Lipinski definition) is 0. The van der Waals surface area contributed by atoms with Crippen LogP contribution in [0.2, 0.25) is 10.0 Å². The predicted octanol–water partition coefficient (Wildman–Crippen LogP) is 5.71. The summed E-state index contributed by atoms with van der Waals surface area (Å²) in [5.41, 5.74) is -1.16. The molecule has 0 bridgehead atoms. The van der Waals surface area contributed by atoms with Crippen molar-refractivity contribution in [2.75, 3.05) is 0 Å². The van der Waals surface area contributed by atoms with E-state index < -0.39 is 16.7 Å². The Morgan fingerprint density at radius 3 is 1.95 bits per heavy atom. The largest absolute Gasteiger partial charge is 0.454 e. The van der Waals surface area contributed by atoms with Crippen LogP contribution in [0.5, 0.6) is 11.5 Å². The van der Waals surface area contributed by atoms with Gasteiger partial charge in [0.05, 0.1) is 20.5 Å². The smallest absolute Gasteiger partial charge is 0.416 e. The molecular formula is C13H6Cl2F3NO3. The van der Waals surface area contributed by atoms with Gasteiger partial charge in [0.2, 0.25) is 0 Å². The number of nitro groups is 1. The fourth-order valence-corrected chi connectivity index (χ4v) is 2.14. The quantitative estimate of drug-likeness (QED) is 0.525. The second-order valence-corrected chi connectivity index (χ2v) is 4.93. The Labute approximate surface area is 132 Å². The first-order chi connectivity index (χ1) is 10.2. The molecule has 116 valence electrons. The highest BCUT2D eigenvalue weighted by atomic mass is 35.5. The molecular weight excluding hydrogens is 346 g/mol. The molecule has 0 unspecified atom stereocenters. The van der Waals surface area contributed by atoms with Crippen molar-refractivity contribution in [1.29, 1.82) is 0 Å². The van der Waals surface area contributed by atoms with Gasteiger partial charge in [-0.05, 0) is 24.3 Å². The number of hydrogen-bond acceptors (Lipinski definition) is 3. The van der Waals surface area contributed by atoms with Crippen LogP contribution in [-0.4, -0.2) is 4.92 Å². The Morgan fingerprint density at radius 2 is 1.55 bits per heavy atom. The first kappa shape index (κ1) is 16.4. The highest BCUT2D eigenvalue weighted by molar-refractivity contribution is 6.37. The second-order valence-electron chi connectivity index (χ2n) is 4.12. The number of halogens is 5. The lowest BCUT2D eigenvalue weighted by molar-refractivity contribution is -0.384. The Morgan fingerprint density at radius 1 is 1.05 bits per heavy atom. The fourth-order valence-electron chi connectivity index (χ4n) is 1.57. The highest BCUT2D eigenvalue weighted by Crippen LogP contribution is 2.41. The van der Waals surface area contributed by atoms with Gasteiger partial charge in [-0.15, -0.1) is 0 Å². The van der Waals surface area contributed by atoms with Crippen LogP contribution in [0.15, 0.2) is 36.4 Å². The molecule has 0 heterocycles. The van der Waals surface area contributed by atoms with Crippen LogP contribution in [0.1, 0.15) is 5.56 Å². The summed E-state index contributed by atoms with van der Waals surface area (Å²) in [5, 5.41) is 9.88. The minimum atomic E-state index is -4.58. The topological polar surface area (TPSA) is 52.4 Å². The third-order valence-electron chi connectivity index (χ3n) is 2.59. The Kier molecular flexibility index (Phi) is 4.48. The van der Waals surface area contributed by atoms with Crippen molar-refractivity contribution in [3.8, 4) is 11.5 Å². The number of non-ortho nitro benzene ring substituents is 1. The third-order valence-corrected chi connectivity index (χ3v) is 3.15. The van der Waals surface area contributed by atoms with Crippen molar-refractivity contribution in [2.45, 2.75) is 6.18 Å². The fraction of sp³-hybridized carbons (Fsp3) is 0.0769. The van der Waals surface area contributed by atoms with Crippen LogP contribution >= 0.6 is 23.2 Å². The van der Waals surface area contributed by atoms with Crippen molar-refractivity contribution in [3.63, 3.8) is 0 Å². The molecule has 22 heavy (non-hydrogen) atoms. The van der Waals surface area contributed by atoms with E-state index in [1.165, 1.54) is 24.3 Å². The maximum Gasteiger partial charge on any atom is 0.416 e. The molecule has 2 rings (SSSR count). The first-order valence-electron chi connectivity index (χ1n) is 5.67. The molecule has 0 aliphatic rings. The van der Waals surface area contributed by atoms with Gasteiger partial charge in [0, 0.05) is 12.1 Å². The standard InChI is InChI=1S/C13H6Cl2F3NO3/c14-10-5-7(13(16,17)18)6-11(15)12(10)22-9-3-1-8(2-4-9)19(20)21/h1-6H. The molecule has 0 aliphatic heterocycles. The van der Waals surface area contributed by atoms with E-state index in [2.05, 4.69) is 0 Å². The summed E-state index contributed by atoms with van der Waals surface area (Å²) in [6.45, 7) is 0. The summed E-state index contributed by atoms with van der Waals surface area (Å²) in [6.07, 6.45) is -4.58. The predicted molar refractivity (Wildman–Crippen MR) is 74.6 cm³/mol. The Hall–Kier alpha value is -1.99. The lowest BCUT2D eigenvalue weighted by Crippen LogP contribution is -2.05. The lowest BCUT2D eigenvalue weighted by atomic mass is 10.2. The van der Waals surface area contributed by atoms with Crippen LogP contribution in [0.4, 0.5) is 18.9 Å². The van der Waals surface area contributed by atoms with E-state index in [1.807, 2.05) is 0 Å². The number of benzene rings is 2. The molecule has 0 saturated heterocycles. The van der Waals surface area contributed by atoms with Gasteiger partial charge in [-0.3, -0.25) is 10.1 Å². The van der Waals surface area contributed by atoms with E-state index in [0.29, 0.717) is 12.1 Å². The van der Waals surface area contributed by atoms with Gasteiger partial charge in [-0.2, -0.15) is 13.2 Å². The molecule has 4 nitrogen and oxygen atoms in total. The van der Waals surface area contributed by atoms with Gasteiger partial charge in [0.15, 0.2) is 5.75 Å². The third kappa shape index (κ3) is 3.61. The minimum Gasteiger partial charge on any atom is -0.454 e. The molecule has 0 N–H and O–H groups in total. The maximum atomic E-state index is 12.6. The van der Waals surface area contributed by atoms with Crippen molar-refractivity contribution < 1.29 is 22.8 Å². The SMILES string of the molecule is O=[N+]([O-])c1ccc(Oc2c(Cl)cc(C(F)(F)F)cc2Cl)cc1. The molecule has 0 saturated carbocycles. The normalized spacial score (nSPS) is 11.3. The maximum absolute atomic E-state index is 12.6. The molecule has 0 aromatic heterocycles. The summed E-state index contributed by atoms with van der Waals surface area (Å²) in [6, 6.07) is 6.30. The zero-order valence-corrected chi connectivity index (χ0v) is 12.0. The van der Waals surface area contributed by atoms with Crippen molar-refractivity contribution >= 4 is 28.9 Å². The van der Waals surface area contributed by atoms with E-state index in [9.17, 15) is 23.3 Å². The van der Waals surface area contributed by atoms with Gasteiger partial charge in [-0.1, -0.05) is 23.2 Å². The number of ether oxygens (including phenoxy) is 1. The number of nitrogens with zero attached hydrogens (tertiary/aromatic N) is 1. The summed E-state index contributed by atoms with van der Waals surface area (Å²) in [5.74, 6) is -0.0145. The monoisotopic (exact) mass is 351 g/mol. The van der Waals surface area contributed by atoms with Crippen molar-refractivity contribution in [1.82, 2.24) is 0 Å². The van der Waals surface area contributed by atoms with E-state index >= 15 is 0 Å². The Balaban J connectivity index is 2.32. The van der Waals surface area contributed by atoms with Crippen molar-refractivity contribution in [2.24, 2.45) is 0 Å². The summed E-state index contributed by atoms with van der Waals surface area (Å²) >= 11 is 11.5. The van der Waals surface area contributed by atoms with E-state index in [-0.39, 0.29) is 27.2 Å². The second kappa shape index (κ2) is 6.02. The summed E-state index contributed by atoms with van der Waals surface area (Å²) in [7, 11) is 0. The van der Waals surface area contributed by atoms with Crippen LogP contribution in [-0.2, 0) is 6.18 Å². The summed E-state index contributed by atoms with van der Waals surface area (Å²) < 4.78 is 43.1. The average Bonchev–Trinajstić information content (AvgIpc) is 2.42. The van der Waals surface area contributed by atoms with Gasteiger partial charge < -0.3 is 4.74 Å². The van der Waals surface area contributed by atoms with E-state index in [4.69, 9.17) is 27.9 Å². The van der Waals surface area contributed by atoms with E-state index in [0.717, 1.165) is 0 Å². The molecule has 9 heteroatoms. The van der Waals surface area contributed by atoms with Crippen LogP contribution < -0.4 is 4.74 Å². The van der Waals surface area contributed by atoms with Crippen LogP contribution in [0, 0.1) is 10.1 Å². The zero-order valence-electron chi connectivity index (χ0n) is 10.5. The molecule has 0 radical (unpaired) electrons. The van der Waals surface area contributed by atoms with Gasteiger partial charge >= 0.3 is 6.18 Å². The molecule has 2 aromatic carbocycles. The number of rotatable bonds is 3. The molecule has 2 aromatic rings. The van der Waals surface area contributed by atoms with Crippen LogP contribution in [0.3, 0.4) is 0 Å². The average molecular weight is 352 g/mol. The molecule has 0 spiro atoms. The summed E-state index contributed by atoms with van der Waals surface area (Å²) in [4.78, 5) is 9.93. The molecule has 0 atom stereocenters. The number of nitro benzene ring substituents is 1. The minimum absolute atomic E-state index is 0.147. The number of alkyl halides is 3. The zero-order chi connectivity index (χ0) is 16.5. The molecule has 0 aliphatic carbocycles. The lowest BCUT2D eigenvalue weighted by Gasteiger charge is -2.13. The highest BCUT2D eigenvalue weighted by Gasteiger charge is 2.32. The van der Waals surface area contributed by atoms with Gasteiger partial charge in [0.25, 0.3) is 5.69 Å². The van der Waals surface area contributed by atoms with Gasteiger partial charge in [0.1, 0.15) is 5.75 Å². The first-order valence-corrected chi connectivity index (χ1v) is 6.42. The van der Waals surface area contributed by atoms with E-state index in [1.54, 1.807) is 0 Å². The Bertz CT molecular complexity index is 694.